The molecule has 0 spiro atoms. The highest BCUT2D eigenvalue weighted by molar-refractivity contribution is 7.97. The summed E-state index contributed by atoms with van der Waals surface area (Å²) < 4.78 is 10.7. The van der Waals surface area contributed by atoms with Crippen molar-refractivity contribution < 1.29 is 4.55 Å². The molecular formula is C6H11NOS. The van der Waals surface area contributed by atoms with Crippen LogP contribution in [0, 0.1) is 0 Å². The van der Waals surface area contributed by atoms with Gasteiger partial charge in [0.15, 0.2) is 0 Å². The Labute approximate surface area is 58.8 Å². The Hall–Kier alpha value is -0.410. The van der Waals surface area contributed by atoms with Gasteiger partial charge in [0.25, 0.3) is 0 Å². The van der Waals surface area contributed by atoms with E-state index in [1.807, 2.05) is 6.92 Å². The second-order valence-corrected chi connectivity index (χ2v) is 2.59. The van der Waals surface area contributed by atoms with Crippen molar-refractivity contribution in [1.82, 2.24) is 5.32 Å². The van der Waals surface area contributed by atoms with Crippen LogP contribution >= 0.6 is 0 Å². The molecule has 0 aromatic carbocycles. The third-order valence-electron chi connectivity index (χ3n) is 0.639. The molecule has 52 valence electrons. The molecule has 9 heavy (non-hydrogen) atoms. The lowest BCUT2D eigenvalue weighted by Gasteiger charge is -1.95. The second kappa shape index (κ2) is 5.72. The predicted octanol–water partition coefficient (Wildman–Crippen LogP) is 0.959. The number of rotatable bonds is 3. The SMILES string of the molecule is C/C=C\[S@@+]([O-])/C=C\NC. The van der Waals surface area contributed by atoms with Gasteiger partial charge in [-0.05, 0) is 13.0 Å². The van der Waals surface area contributed by atoms with E-state index in [2.05, 4.69) is 5.32 Å². The summed E-state index contributed by atoms with van der Waals surface area (Å²) in [6.07, 6.45) is 3.41. The predicted molar refractivity (Wildman–Crippen MR) is 41.2 cm³/mol. The van der Waals surface area contributed by atoms with E-state index in [1.165, 1.54) is 0 Å². The normalized spacial score (nSPS) is 15.0. The highest BCUT2D eigenvalue weighted by atomic mass is 32.2. The van der Waals surface area contributed by atoms with E-state index in [-0.39, 0.29) is 0 Å². The third kappa shape index (κ3) is 5.46. The van der Waals surface area contributed by atoms with Gasteiger partial charge in [-0.2, -0.15) is 0 Å². The van der Waals surface area contributed by atoms with Crippen LogP contribution in [0.4, 0.5) is 0 Å². The van der Waals surface area contributed by atoms with E-state index in [4.69, 9.17) is 0 Å². The van der Waals surface area contributed by atoms with Crippen molar-refractivity contribution >= 4 is 11.2 Å². The van der Waals surface area contributed by atoms with Crippen LogP contribution in [-0.4, -0.2) is 11.6 Å². The Morgan fingerprint density at radius 2 is 2.11 bits per heavy atom. The van der Waals surface area contributed by atoms with Crippen LogP contribution in [0.1, 0.15) is 6.92 Å². The molecule has 0 aromatic heterocycles. The van der Waals surface area contributed by atoms with Gasteiger partial charge in [-0.15, -0.1) is 0 Å². The van der Waals surface area contributed by atoms with Gasteiger partial charge < -0.3 is 9.87 Å². The Morgan fingerprint density at radius 3 is 2.56 bits per heavy atom. The van der Waals surface area contributed by atoms with Crippen LogP contribution in [0.15, 0.2) is 23.1 Å². The van der Waals surface area contributed by atoms with Gasteiger partial charge in [0, 0.05) is 24.4 Å². The van der Waals surface area contributed by atoms with Crippen LogP contribution in [0.2, 0.25) is 0 Å². The first-order chi connectivity index (χ1) is 4.31. The topological polar surface area (TPSA) is 35.1 Å². The maximum atomic E-state index is 10.7. The van der Waals surface area contributed by atoms with Crippen LogP contribution in [0.3, 0.4) is 0 Å². The fourth-order valence-corrected chi connectivity index (χ4v) is 0.944. The molecule has 0 aliphatic carbocycles. The Balaban J connectivity index is 3.48. The summed E-state index contributed by atoms with van der Waals surface area (Å²) >= 11 is -0.944. The van der Waals surface area contributed by atoms with Crippen molar-refractivity contribution in [3.05, 3.63) is 23.1 Å². The van der Waals surface area contributed by atoms with Gasteiger partial charge in [0.05, 0.1) is 0 Å². The molecule has 0 unspecified atom stereocenters. The lowest BCUT2D eigenvalue weighted by atomic mass is 10.8. The smallest absolute Gasteiger partial charge is 0.137 e. The average molecular weight is 145 g/mol. The van der Waals surface area contributed by atoms with E-state index < -0.39 is 11.2 Å². The van der Waals surface area contributed by atoms with Crippen molar-refractivity contribution in [2.75, 3.05) is 7.05 Å². The van der Waals surface area contributed by atoms with Crippen LogP contribution in [0.25, 0.3) is 0 Å². The minimum absolute atomic E-state index is 0.944. The Morgan fingerprint density at radius 1 is 1.44 bits per heavy atom. The van der Waals surface area contributed by atoms with E-state index in [0.717, 1.165) is 0 Å². The first-order valence-electron chi connectivity index (χ1n) is 2.67. The fourth-order valence-electron chi connectivity index (χ4n) is 0.315. The van der Waals surface area contributed by atoms with Gasteiger partial charge in [0.1, 0.15) is 10.8 Å². The zero-order chi connectivity index (χ0) is 7.11. The van der Waals surface area contributed by atoms with Gasteiger partial charge >= 0.3 is 0 Å². The summed E-state index contributed by atoms with van der Waals surface area (Å²) in [5.41, 5.74) is 0. The lowest BCUT2D eigenvalue weighted by molar-refractivity contribution is 0.611. The zero-order valence-corrected chi connectivity index (χ0v) is 6.44. The van der Waals surface area contributed by atoms with E-state index >= 15 is 0 Å². The van der Waals surface area contributed by atoms with Crippen LogP contribution in [-0.2, 0) is 11.2 Å². The van der Waals surface area contributed by atoms with E-state index in [1.54, 1.807) is 30.1 Å². The standard InChI is InChI=1S/C6H11NOS/c1-3-5-9(8)6-4-7-2/h3-7H,1-2H3/b5-3-,6-4-/t9-/m1/s1. The number of hydrogen-bond acceptors (Lipinski definition) is 2. The van der Waals surface area contributed by atoms with Gasteiger partial charge in [0.2, 0.25) is 0 Å². The van der Waals surface area contributed by atoms with Crippen molar-refractivity contribution in [2.24, 2.45) is 0 Å². The molecule has 0 aliphatic heterocycles. The molecule has 1 N–H and O–H groups in total. The Kier molecular flexibility index (Phi) is 5.46. The summed E-state index contributed by atoms with van der Waals surface area (Å²) in [6.45, 7) is 1.84. The van der Waals surface area contributed by atoms with Gasteiger partial charge in [-0.25, -0.2) is 0 Å². The molecule has 0 amide bonds. The molecule has 3 heteroatoms. The molecular weight excluding hydrogens is 134 g/mol. The van der Waals surface area contributed by atoms with Crippen molar-refractivity contribution in [2.45, 2.75) is 6.92 Å². The maximum absolute atomic E-state index is 10.7. The summed E-state index contributed by atoms with van der Waals surface area (Å²) in [5.74, 6) is 0. The van der Waals surface area contributed by atoms with Gasteiger partial charge in [-0.1, -0.05) is 0 Å². The molecule has 0 saturated heterocycles. The molecule has 0 saturated carbocycles. The molecule has 0 fully saturated rings. The number of nitrogens with one attached hydrogen (secondary N) is 1. The number of allylic oxidation sites excluding steroid dienone is 1. The van der Waals surface area contributed by atoms with E-state index in [0.29, 0.717) is 0 Å². The largest absolute Gasteiger partial charge is 0.607 e. The molecule has 0 heterocycles. The van der Waals surface area contributed by atoms with Crippen LogP contribution in [0.5, 0.6) is 0 Å². The summed E-state index contributed by atoms with van der Waals surface area (Å²) in [6, 6.07) is 0. The van der Waals surface area contributed by atoms with Crippen molar-refractivity contribution in [1.29, 1.82) is 0 Å². The average Bonchev–Trinajstić information content (AvgIpc) is 1.85. The van der Waals surface area contributed by atoms with Gasteiger partial charge in [-0.3, -0.25) is 0 Å². The van der Waals surface area contributed by atoms with Crippen molar-refractivity contribution in [3.8, 4) is 0 Å². The van der Waals surface area contributed by atoms with Crippen molar-refractivity contribution in [3.63, 3.8) is 0 Å². The molecule has 0 aliphatic rings. The molecule has 0 radical (unpaired) electrons. The summed E-state index contributed by atoms with van der Waals surface area (Å²) in [4.78, 5) is 0. The molecule has 0 rings (SSSR count). The van der Waals surface area contributed by atoms with Crippen LogP contribution < -0.4 is 5.32 Å². The minimum atomic E-state index is -0.944. The molecule has 1 atom stereocenters. The fraction of sp³-hybridized carbons (Fsp3) is 0.333. The zero-order valence-electron chi connectivity index (χ0n) is 5.63. The quantitative estimate of drug-likeness (QED) is 0.600. The first kappa shape index (κ1) is 8.59. The monoisotopic (exact) mass is 145 g/mol. The highest BCUT2D eigenvalue weighted by Crippen LogP contribution is 1.92. The summed E-state index contributed by atoms with van der Waals surface area (Å²) in [5, 5.41) is 5.95. The molecule has 2 nitrogen and oxygen atoms in total. The van der Waals surface area contributed by atoms with E-state index in [9.17, 15) is 4.55 Å². The second-order valence-electron chi connectivity index (χ2n) is 1.39. The maximum Gasteiger partial charge on any atom is 0.137 e. The Bertz CT molecular complexity index is 112. The highest BCUT2D eigenvalue weighted by Gasteiger charge is 1.88. The third-order valence-corrected chi connectivity index (χ3v) is 1.58. The summed E-state index contributed by atoms with van der Waals surface area (Å²) in [7, 11) is 1.77. The lowest BCUT2D eigenvalue weighted by Crippen LogP contribution is -1.95. The number of hydrogen-bond donors (Lipinski definition) is 1. The molecule has 0 bridgehead atoms. The minimum Gasteiger partial charge on any atom is -0.607 e. The first-order valence-corrected chi connectivity index (χ1v) is 3.95. The molecule has 0 aromatic rings.